The van der Waals surface area contributed by atoms with Crippen molar-refractivity contribution in [3.8, 4) is 0 Å². The fourth-order valence-corrected chi connectivity index (χ4v) is 3.99. The molecule has 154 valence electrons. The largest absolute Gasteiger partial charge is 0.291 e. The monoisotopic (exact) mass is 396 g/mol. The molecule has 0 amide bonds. The van der Waals surface area contributed by atoms with Gasteiger partial charge in [-0.2, -0.15) is 8.42 Å². The van der Waals surface area contributed by atoms with Crippen LogP contribution in [0, 0.1) is 0 Å². The summed E-state index contributed by atoms with van der Waals surface area (Å²) in [5.41, 5.74) is 0.470. The average molecular weight is 397 g/mol. The first-order chi connectivity index (χ1) is 13.0. The van der Waals surface area contributed by atoms with E-state index in [0.717, 1.165) is 12.8 Å². The van der Waals surface area contributed by atoms with Gasteiger partial charge < -0.3 is 0 Å². The number of unbranched alkanes of at least 4 members (excludes halogenated alkanes) is 11. The number of benzene rings is 1. The average Bonchev–Trinajstić information content (AvgIpc) is 2.67. The number of carbonyl (C=O) groups is 1. The molecule has 1 aromatic rings. The molecule has 5 heteroatoms. The van der Waals surface area contributed by atoms with Crippen molar-refractivity contribution in [1.29, 1.82) is 0 Å². The van der Waals surface area contributed by atoms with Crippen LogP contribution in [0.5, 0.6) is 0 Å². The van der Waals surface area contributed by atoms with E-state index in [1.165, 1.54) is 57.8 Å². The standard InChI is InChI=1S/C22H36O4S/c1-2-3-4-5-6-7-8-9-10-11-12-16-19-27(24,25)26-20-22(23)21-17-14-13-15-18-21/h13-15,17-18H,2-12,16,19-20H2,1H3. The van der Waals surface area contributed by atoms with Crippen molar-refractivity contribution < 1.29 is 17.4 Å². The second-order valence-corrected chi connectivity index (χ2v) is 8.96. The van der Waals surface area contributed by atoms with Crippen LogP contribution in [0.3, 0.4) is 0 Å². The molecule has 0 aromatic heterocycles. The molecule has 0 saturated carbocycles. The Morgan fingerprint density at radius 2 is 1.26 bits per heavy atom. The normalized spacial score (nSPS) is 11.6. The maximum atomic E-state index is 11.9. The summed E-state index contributed by atoms with van der Waals surface area (Å²) in [6.45, 7) is 1.83. The molecular formula is C22H36O4S. The van der Waals surface area contributed by atoms with Crippen LogP contribution in [0.2, 0.25) is 0 Å². The van der Waals surface area contributed by atoms with Crippen LogP contribution in [0.4, 0.5) is 0 Å². The van der Waals surface area contributed by atoms with Gasteiger partial charge in [-0.05, 0) is 6.42 Å². The fraction of sp³-hybridized carbons (Fsp3) is 0.682. The number of rotatable bonds is 17. The van der Waals surface area contributed by atoms with Crippen molar-refractivity contribution in [2.45, 2.75) is 84.0 Å². The number of Topliss-reactive ketones (excluding diaryl/α,β-unsaturated/α-hetero) is 1. The van der Waals surface area contributed by atoms with E-state index in [1.54, 1.807) is 24.3 Å². The Kier molecular flexibility index (Phi) is 13.1. The Hall–Kier alpha value is -1.20. The Morgan fingerprint density at radius 1 is 0.778 bits per heavy atom. The van der Waals surface area contributed by atoms with Crippen molar-refractivity contribution in [1.82, 2.24) is 0 Å². The Labute approximate surface area is 165 Å². The van der Waals surface area contributed by atoms with Crippen LogP contribution in [-0.2, 0) is 14.3 Å². The summed E-state index contributed by atoms with van der Waals surface area (Å²) in [6, 6.07) is 8.61. The summed E-state index contributed by atoms with van der Waals surface area (Å²) in [4.78, 5) is 11.9. The van der Waals surface area contributed by atoms with E-state index in [4.69, 9.17) is 4.18 Å². The highest BCUT2D eigenvalue weighted by Gasteiger charge is 2.14. The topological polar surface area (TPSA) is 60.4 Å². The zero-order valence-corrected chi connectivity index (χ0v) is 17.6. The molecule has 0 aliphatic carbocycles. The summed E-state index contributed by atoms with van der Waals surface area (Å²) >= 11 is 0. The predicted octanol–water partition coefficient (Wildman–Crippen LogP) is 5.92. The van der Waals surface area contributed by atoms with Gasteiger partial charge in [0.15, 0.2) is 5.78 Å². The van der Waals surface area contributed by atoms with E-state index in [2.05, 4.69) is 6.92 Å². The van der Waals surface area contributed by atoms with Gasteiger partial charge in [0.05, 0.1) is 5.75 Å². The molecule has 27 heavy (non-hydrogen) atoms. The quantitative estimate of drug-likeness (QED) is 0.186. The number of ketones is 1. The van der Waals surface area contributed by atoms with E-state index in [9.17, 15) is 13.2 Å². The van der Waals surface area contributed by atoms with E-state index in [-0.39, 0.29) is 11.5 Å². The highest BCUT2D eigenvalue weighted by atomic mass is 32.2. The molecule has 0 heterocycles. The highest BCUT2D eigenvalue weighted by Crippen LogP contribution is 2.12. The van der Waals surface area contributed by atoms with Crippen LogP contribution in [0.25, 0.3) is 0 Å². The molecule has 1 aromatic carbocycles. The van der Waals surface area contributed by atoms with Crippen LogP contribution >= 0.6 is 0 Å². The summed E-state index contributed by atoms with van der Waals surface area (Å²) in [5.74, 6) is -0.319. The van der Waals surface area contributed by atoms with Gasteiger partial charge in [-0.3, -0.25) is 8.98 Å². The molecule has 4 nitrogen and oxygen atoms in total. The first kappa shape index (κ1) is 23.8. The first-order valence-corrected chi connectivity index (χ1v) is 12.1. The van der Waals surface area contributed by atoms with Gasteiger partial charge in [-0.1, -0.05) is 108 Å². The van der Waals surface area contributed by atoms with Gasteiger partial charge in [-0.15, -0.1) is 0 Å². The zero-order chi connectivity index (χ0) is 19.8. The summed E-state index contributed by atoms with van der Waals surface area (Å²) in [6.07, 6.45) is 14.3. The van der Waals surface area contributed by atoms with E-state index in [0.29, 0.717) is 12.0 Å². The lowest BCUT2D eigenvalue weighted by atomic mass is 10.1. The van der Waals surface area contributed by atoms with Crippen LogP contribution in [0.1, 0.15) is 94.3 Å². The van der Waals surface area contributed by atoms with Gasteiger partial charge in [0.1, 0.15) is 6.61 Å². The van der Waals surface area contributed by atoms with Gasteiger partial charge in [0.2, 0.25) is 0 Å². The lowest BCUT2D eigenvalue weighted by molar-refractivity contribution is 0.0924. The molecule has 1 rings (SSSR count). The van der Waals surface area contributed by atoms with E-state index < -0.39 is 16.7 Å². The third kappa shape index (κ3) is 12.7. The van der Waals surface area contributed by atoms with Crippen molar-refractivity contribution in [2.75, 3.05) is 12.4 Å². The van der Waals surface area contributed by atoms with Crippen molar-refractivity contribution >= 4 is 15.9 Å². The molecule has 0 spiro atoms. The molecule has 0 saturated heterocycles. The van der Waals surface area contributed by atoms with E-state index >= 15 is 0 Å². The Bertz CT molecular complexity index is 596. The number of hydrogen-bond donors (Lipinski definition) is 0. The minimum Gasteiger partial charge on any atom is -0.291 e. The molecule has 0 aliphatic heterocycles. The number of carbonyl (C=O) groups excluding carboxylic acids is 1. The van der Waals surface area contributed by atoms with Gasteiger partial charge >= 0.3 is 0 Å². The predicted molar refractivity (Wildman–Crippen MR) is 112 cm³/mol. The van der Waals surface area contributed by atoms with Crippen molar-refractivity contribution in [3.63, 3.8) is 0 Å². The zero-order valence-electron chi connectivity index (χ0n) is 16.8. The first-order valence-electron chi connectivity index (χ1n) is 10.5. The van der Waals surface area contributed by atoms with E-state index in [1.807, 2.05) is 6.07 Å². The summed E-state index contributed by atoms with van der Waals surface area (Å²) < 4.78 is 28.6. The van der Waals surface area contributed by atoms with Crippen molar-refractivity contribution in [3.05, 3.63) is 35.9 Å². The second-order valence-electron chi connectivity index (χ2n) is 7.20. The molecule has 0 N–H and O–H groups in total. The number of hydrogen-bond acceptors (Lipinski definition) is 4. The molecule has 0 bridgehead atoms. The van der Waals surface area contributed by atoms with Crippen molar-refractivity contribution in [2.24, 2.45) is 0 Å². The Balaban J connectivity index is 1.99. The SMILES string of the molecule is CCCCCCCCCCCCCCS(=O)(=O)OCC(=O)c1ccccc1. The molecule has 0 atom stereocenters. The maximum absolute atomic E-state index is 11.9. The highest BCUT2D eigenvalue weighted by molar-refractivity contribution is 7.86. The molecule has 0 radical (unpaired) electrons. The van der Waals surface area contributed by atoms with Gasteiger partial charge in [0, 0.05) is 5.56 Å². The molecule has 0 fully saturated rings. The second kappa shape index (κ2) is 14.8. The minimum atomic E-state index is -3.62. The van der Waals surface area contributed by atoms with Crippen LogP contribution in [0.15, 0.2) is 30.3 Å². The third-order valence-electron chi connectivity index (χ3n) is 4.71. The fourth-order valence-electron chi connectivity index (χ4n) is 3.03. The molecule has 0 unspecified atom stereocenters. The Morgan fingerprint density at radius 3 is 1.78 bits per heavy atom. The lowest BCUT2D eigenvalue weighted by Gasteiger charge is -2.06. The smallest absolute Gasteiger partial charge is 0.267 e. The maximum Gasteiger partial charge on any atom is 0.267 e. The van der Waals surface area contributed by atoms with Crippen LogP contribution in [-0.4, -0.2) is 26.6 Å². The molecule has 0 aliphatic rings. The summed E-state index contributed by atoms with van der Waals surface area (Å²) in [7, 11) is -3.62. The van der Waals surface area contributed by atoms with Gasteiger partial charge in [0.25, 0.3) is 10.1 Å². The third-order valence-corrected chi connectivity index (χ3v) is 5.98. The minimum absolute atomic E-state index is 0.00744. The van der Waals surface area contributed by atoms with Crippen LogP contribution < -0.4 is 0 Å². The lowest BCUT2D eigenvalue weighted by Crippen LogP contribution is -2.17. The summed E-state index contributed by atoms with van der Waals surface area (Å²) in [5, 5.41) is 0. The molecular weight excluding hydrogens is 360 g/mol. The van der Waals surface area contributed by atoms with Gasteiger partial charge in [-0.25, -0.2) is 0 Å².